The Kier molecular flexibility index (Phi) is 2.86. The molecule has 4 nitrogen and oxygen atoms in total. The van der Waals surface area contributed by atoms with Crippen LogP contribution in [-0.2, 0) is 4.79 Å². The second kappa shape index (κ2) is 4.29. The minimum atomic E-state index is -4.74. The number of rotatable bonds is 5. The van der Waals surface area contributed by atoms with E-state index in [1.807, 2.05) is 0 Å². The summed E-state index contributed by atoms with van der Waals surface area (Å²) >= 11 is 0. The van der Waals surface area contributed by atoms with Crippen molar-refractivity contribution in [3.63, 3.8) is 0 Å². The van der Waals surface area contributed by atoms with E-state index in [0.717, 1.165) is 0 Å². The first-order valence-corrected chi connectivity index (χ1v) is 6.44. The predicted molar refractivity (Wildman–Crippen MR) is 65.0 cm³/mol. The number of hydrogen-bond donors (Lipinski definition) is 1. The quantitative estimate of drug-likeness (QED) is 0.907. The molecular formula is C14H13F3O4. The summed E-state index contributed by atoms with van der Waals surface area (Å²) in [6.45, 7) is 0.317. The van der Waals surface area contributed by atoms with Gasteiger partial charge in [0.25, 0.3) is 0 Å². The topological polar surface area (TPSA) is 55.8 Å². The summed E-state index contributed by atoms with van der Waals surface area (Å²) in [6, 6.07) is 5.32. The van der Waals surface area contributed by atoms with Crippen LogP contribution in [0.1, 0.15) is 19.3 Å². The third-order valence-electron chi connectivity index (χ3n) is 4.18. The van der Waals surface area contributed by atoms with Crippen molar-refractivity contribution in [2.45, 2.75) is 25.6 Å². The van der Waals surface area contributed by atoms with Gasteiger partial charge in [-0.15, -0.1) is 13.2 Å². The van der Waals surface area contributed by atoms with E-state index >= 15 is 0 Å². The zero-order chi connectivity index (χ0) is 15.3. The van der Waals surface area contributed by atoms with Gasteiger partial charge in [-0.2, -0.15) is 0 Å². The lowest BCUT2D eigenvalue weighted by Gasteiger charge is -2.67. The Hall–Kier alpha value is -1.92. The van der Waals surface area contributed by atoms with Crippen molar-refractivity contribution in [3.8, 4) is 11.5 Å². The van der Waals surface area contributed by atoms with Crippen LogP contribution in [0, 0.1) is 10.8 Å². The summed E-state index contributed by atoms with van der Waals surface area (Å²) in [5.74, 6) is -0.824. The van der Waals surface area contributed by atoms with E-state index in [4.69, 9.17) is 9.84 Å². The lowest BCUT2D eigenvalue weighted by molar-refractivity contribution is -0.274. The fourth-order valence-corrected chi connectivity index (χ4v) is 3.38. The smallest absolute Gasteiger partial charge is 0.493 e. The van der Waals surface area contributed by atoms with Crippen molar-refractivity contribution in [1.29, 1.82) is 0 Å². The van der Waals surface area contributed by atoms with Gasteiger partial charge in [-0.05, 0) is 31.4 Å². The van der Waals surface area contributed by atoms with E-state index in [0.29, 0.717) is 25.9 Å². The second-order valence-corrected chi connectivity index (χ2v) is 5.93. The second-order valence-electron chi connectivity index (χ2n) is 5.93. The summed E-state index contributed by atoms with van der Waals surface area (Å²) in [5, 5.41) is 9.01. The molecule has 3 saturated carbocycles. The van der Waals surface area contributed by atoms with Crippen LogP contribution in [0.2, 0.25) is 0 Å². The van der Waals surface area contributed by atoms with Crippen molar-refractivity contribution in [2.24, 2.45) is 10.8 Å². The van der Waals surface area contributed by atoms with Crippen LogP contribution in [0.5, 0.6) is 11.5 Å². The molecule has 3 fully saturated rings. The molecule has 0 saturated heterocycles. The van der Waals surface area contributed by atoms with Crippen molar-refractivity contribution in [3.05, 3.63) is 24.3 Å². The summed E-state index contributed by atoms with van der Waals surface area (Å²) in [6.07, 6.45) is -3.00. The molecule has 0 aromatic heterocycles. The van der Waals surface area contributed by atoms with Gasteiger partial charge in [-0.1, -0.05) is 6.07 Å². The minimum Gasteiger partial charge on any atom is -0.493 e. The molecule has 0 amide bonds. The molecule has 21 heavy (non-hydrogen) atoms. The Morgan fingerprint density at radius 3 is 2.43 bits per heavy atom. The van der Waals surface area contributed by atoms with Crippen LogP contribution in [-0.4, -0.2) is 24.0 Å². The highest BCUT2D eigenvalue weighted by molar-refractivity contribution is 5.79. The normalized spacial score (nSPS) is 30.0. The summed E-state index contributed by atoms with van der Waals surface area (Å²) in [7, 11) is 0. The standard InChI is InChI=1S/C14H13F3O4/c15-14(16,17)21-10-3-1-2-9(4-10)20-8-12-5-13(6-12,7-12)11(18)19/h1-4H,5-8H2,(H,18,19). The number of hydrogen-bond acceptors (Lipinski definition) is 3. The molecule has 114 valence electrons. The highest BCUT2D eigenvalue weighted by Gasteiger charge is 2.72. The third-order valence-corrected chi connectivity index (χ3v) is 4.18. The van der Waals surface area contributed by atoms with E-state index in [-0.39, 0.29) is 16.9 Å². The van der Waals surface area contributed by atoms with Gasteiger partial charge in [0.1, 0.15) is 11.5 Å². The molecule has 0 aliphatic heterocycles. The summed E-state index contributed by atoms with van der Waals surface area (Å²) in [4.78, 5) is 11.0. The lowest BCUT2D eigenvalue weighted by atomic mass is 9.35. The molecule has 7 heteroatoms. The van der Waals surface area contributed by atoms with Crippen LogP contribution in [0.25, 0.3) is 0 Å². The Bertz CT molecular complexity index is 562. The Labute approximate surface area is 118 Å². The summed E-state index contributed by atoms with van der Waals surface area (Å²) < 4.78 is 45.7. The van der Waals surface area contributed by atoms with Crippen molar-refractivity contribution >= 4 is 5.97 Å². The molecule has 1 N–H and O–H groups in total. The number of carbonyl (C=O) groups is 1. The number of benzene rings is 1. The van der Waals surface area contributed by atoms with Crippen LogP contribution < -0.4 is 9.47 Å². The Balaban J connectivity index is 1.56. The first-order valence-electron chi connectivity index (χ1n) is 6.44. The monoisotopic (exact) mass is 302 g/mol. The molecule has 0 spiro atoms. The minimum absolute atomic E-state index is 0.126. The van der Waals surface area contributed by atoms with Gasteiger partial charge in [-0.25, -0.2) is 0 Å². The fourth-order valence-electron chi connectivity index (χ4n) is 3.38. The van der Waals surface area contributed by atoms with Gasteiger partial charge in [0.15, 0.2) is 0 Å². The number of ether oxygens (including phenoxy) is 2. The van der Waals surface area contributed by atoms with E-state index in [1.54, 1.807) is 6.07 Å². The van der Waals surface area contributed by atoms with Gasteiger partial charge in [-0.3, -0.25) is 4.79 Å². The number of carboxylic acids is 1. The molecule has 0 heterocycles. The zero-order valence-corrected chi connectivity index (χ0v) is 10.9. The van der Waals surface area contributed by atoms with E-state index in [2.05, 4.69) is 4.74 Å². The largest absolute Gasteiger partial charge is 0.573 e. The van der Waals surface area contributed by atoms with Crippen molar-refractivity contribution < 1.29 is 32.5 Å². The molecule has 4 rings (SSSR count). The van der Waals surface area contributed by atoms with Gasteiger partial charge in [0, 0.05) is 11.5 Å². The molecule has 3 aliphatic rings. The van der Waals surface area contributed by atoms with Crippen LogP contribution >= 0.6 is 0 Å². The SMILES string of the molecule is O=C(O)C12CC(COc3cccc(OC(F)(F)F)c3)(C1)C2. The molecule has 0 radical (unpaired) electrons. The molecule has 0 atom stereocenters. The predicted octanol–water partition coefficient (Wildman–Crippen LogP) is 3.22. The van der Waals surface area contributed by atoms with Crippen LogP contribution in [0.3, 0.4) is 0 Å². The van der Waals surface area contributed by atoms with E-state index in [1.165, 1.54) is 18.2 Å². The van der Waals surface area contributed by atoms with Crippen LogP contribution in [0.4, 0.5) is 13.2 Å². The van der Waals surface area contributed by atoms with Gasteiger partial charge < -0.3 is 14.6 Å². The molecule has 3 aliphatic carbocycles. The fraction of sp³-hybridized carbons (Fsp3) is 0.500. The van der Waals surface area contributed by atoms with Crippen molar-refractivity contribution in [1.82, 2.24) is 0 Å². The first kappa shape index (κ1) is 14.0. The highest BCUT2D eigenvalue weighted by Crippen LogP contribution is 2.73. The average molecular weight is 302 g/mol. The van der Waals surface area contributed by atoms with Crippen LogP contribution in [0.15, 0.2) is 24.3 Å². The number of halogens is 3. The highest BCUT2D eigenvalue weighted by atomic mass is 19.4. The number of alkyl halides is 3. The summed E-state index contributed by atoms with van der Waals surface area (Å²) in [5.41, 5.74) is -0.704. The third kappa shape index (κ3) is 2.52. The van der Waals surface area contributed by atoms with Gasteiger partial charge in [0.2, 0.25) is 0 Å². The number of aliphatic carboxylic acids is 1. The molecule has 2 bridgehead atoms. The maximum Gasteiger partial charge on any atom is 0.573 e. The maximum atomic E-state index is 12.1. The lowest BCUT2D eigenvalue weighted by Crippen LogP contribution is -2.67. The zero-order valence-electron chi connectivity index (χ0n) is 10.9. The average Bonchev–Trinajstić information content (AvgIpc) is 2.22. The molecule has 0 unspecified atom stereocenters. The Morgan fingerprint density at radius 1 is 1.24 bits per heavy atom. The molecule has 1 aromatic rings. The maximum absolute atomic E-state index is 12.1. The van der Waals surface area contributed by atoms with E-state index in [9.17, 15) is 18.0 Å². The van der Waals surface area contributed by atoms with E-state index < -0.39 is 17.7 Å². The number of carboxylic acid groups (broad SMARTS) is 1. The molecular weight excluding hydrogens is 289 g/mol. The van der Waals surface area contributed by atoms with Gasteiger partial charge >= 0.3 is 12.3 Å². The van der Waals surface area contributed by atoms with Gasteiger partial charge in [0.05, 0.1) is 12.0 Å². The molecule has 1 aromatic carbocycles. The first-order chi connectivity index (χ1) is 9.72. The van der Waals surface area contributed by atoms with Crippen molar-refractivity contribution in [2.75, 3.05) is 6.61 Å². The Morgan fingerprint density at radius 2 is 1.86 bits per heavy atom.